The summed E-state index contributed by atoms with van der Waals surface area (Å²) in [4.78, 5) is 71.9. The van der Waals surface area contributed by atoms with Crippen LogP contribution in [0, 0.1) is 5.41 Å². The molecule has 0 unspecified atom stereocenters. The van der Waals surface area contributed by atoms with Crippen LogP contribution in [-0.2, 0) is 38.4 Å². The molecule has 5 amide bonds. The number of carbonyl (C=O) groups is 5. The number of hydrogen-bond donors (Lipinski definition) is 4. The van der Waals surface area contributed by atoms with E-state index in [0.717, 1.165) is 36.1 Å². The molecular weight excluding hydrogens is 646 g/mol. The Bertz CT molecular complexity index is 1540. The number of amides is 5. The fourth-order valence-corrected chi connectivity index (χ4v) is 8.83. The van der Waals surface area contributed by atoms with Gasteiger partial charge in [0.15, 0.2) is 6.61 Å². The van der Waals surface area contributed by atoms with Gasteiger partial charge in [0, 0.05) is 31.1 Å². The maximum atomic E-state index is 13.7. The fraction of sp³-hybridized carbons (Fsp3) is 0.583. The van der Waals surface area contributed by atoms with Gasteiger partial charge in [0.2, 0.25) is 17.7 Å². The normalized spacial score (nSPS) is 25.4. The summed E-state index contributed by atoms with van der Waals surface area (Å²) in [5.41, 5.74) is 1.84. The lowest BCUT2D eigenvalue weighted by Gasteiger charge is -2.42. The van der Waals surface area contributed by atoms with E-state index in [2.05, 4.69) is 22.0 Å². The van der Waals surface area contributed by atoms with Gasteiger partial charge in [-0.15, -0.1) is 11.3 Å². The zero-order valence-corrected chi connectivity index (χ0v) is 28.9. The Kier molecular flexibility index (Phi) is 10.9. The summed E-state index contributed by atoms with van der Waals surface area (Å²) in [5, 5.41) is 18.5. The van der Waals surface area contributed by atoms with Crippen molar-refractivity contribution in [3.8, 4) is 5.75 Å². The van der Waals surface area contributed by atoms with Crippen molar-refractivity contribution in [1.29, 1.82) is 0 Å². The van der Waals surface area contributed by atoms with Gasteiger partial charge in [0.05, 0.1) is 11.5 Å². The van der Waals surface area contributed by atoms with Crippen LogP contribution in [0.3, 0.4) is 0 Å². The third-order valence-electron chi connectivity index (χ3n) is 10.5. The van der Waals surface area contributed by atoms with Crippen molar-refractivity contribution in [3.05, 3.63) is 51.2 Å². The quantitative estimate of drug-likeness (QED) is 0.351. The summed E-state index contributed by atoms with van der Waals surface area (Å²) >= 11 is 1.63. The smallest absolute Gasteiger partial charge is 0.263 e. The molecular formula is C36H47N5O7S. The third-order valence-corrected chi connectivity index (χ3v) is 11.7. The zero-order valence-electron chi connectivity index (χ0n) is 28.1. The Morgan fingerprint density at radius 2 is 1.80 bits per heavy atom. The summed E-state index contributed by atoms with van der Waals surface area (Å²) < 4.78 is 5.82. The molecule has 4 heterocycles. The average Bonchev–Trinajstić information content (AvgIpc) is 3.70. The predicted molar refractivity (Wildman–Crippen MR) is 183 cm³/mol. The van der Waals surface area contributed by atoms with Crippen molar-refractivity contribution in [2.45, 2.75) is 89.3 Å². The van der Waals surface area contributed by atoms with E-state index in [9.17, 15) is 29.1 Å². The average molecular weight is 694 g/mol. The van der Waals surface area contributed by atoms with E-state index in [-0.39, 0.29) is 19.1 Å². The van der Waals surface area contributed by atoms with Crippen molar-refractivity contribution in [1.82, 2.24) is 25.8 Å². The van der Waals surface area contributed by atoms with Crippen LogP contribution in [0.2, 0.25) is 0 Å². The van der Waals surface area contributed by atoms with Crippen molar-refractivity contribution in [2.24, 2.45) is 5.41 Å². The lowest BCUT2D eigenvalue weighted by Crippen LogP contribution is -2.57. The molecule has 1 aromatic heterocycles. The van der Waals surface area contributed by atoms with Crippen LogP contribution < -0.4 is 20.7 Å². The van der Waals surface area contributed by atoms with E-state index in [0.29, 0.717) is 57.5 Å². The van der Waals surface area contributed by atoms with Crippen molar-refractivity contribution in [2.75, 3.05) is 39.4 Å². The fourth-order valence-electron chi connectivity index (χ4n) is 7.61. The van der Waals surface area contributed by atoms with E-state index in [1.54, 1.807) is 24.3 Å². The van der Waals surface area contributed by atoms with Gasteiger partial charge in [0.25, 0.3) is 11.8 Å². The molecule has 1 aromatic carbocycles. The number of ether oxygens (including phenoxy) is 1. The maximum Gasteiger partial charge on any atom is 0.263 e. The van der Waals surface area contributed by atoms with Crippen LogP contribution in [0.25, 0.3) is 0 Å². The highest BCUT2D eigenvalue weighted by Crippen LogP contribution is 2.37. The molecule has 264 valence electrons. The second-order valence-electron chi connectivity index (χ2n) is 14.0. The lowest BCUT2D eigenvalue weighted by molar-refractivity contribution is -0.142. The number of aliphatic hydroxyl groups excluding tert-OH is 1. The first-order chi connectivity index (χ1) is 23.6. The highest BCUT2D eigenvalue weighted by Gasteiger charge is 2.40. The number of thiophene rings is 1. The van der Waals surface area contributed by atoms with Gasteiger partial charge in [-0.25, -0.2) is 0 Å². The molecule has 4 aliphatic rings. The number of carbonyl (C=O) groups excluding carboxylic acids is 5. The van der Waals surface area contributed by atoms with Crippen molar-refractivity contribution in [3.63, 3.8) is 0 Å². The summed E-state index contributed by atoms with van der Waals surface area (Å²) in [6, 6.07) is 6.66. The number of rotatable bonds is 2. The number of likely N-dealkylation sites (tertiary alicyclic amines) is 1. The molecule has 1 spiro atoms. The second-order valence-corrected chi connectivity index (χ2v) is 15.1. The van der Waals surface area contributed by atoms with E-state index >= 15 is 0 Å². The van der Waals surface area contributed by atoms with Crippen LogP contribution >= 0.6 is 11.3 Å². The number of nitrogens with zero attached hydrogens (tertiary/aromatic N) is 2. The number of piperidine rings is 1. The van der Waals surface area contributed by atoms with Gasteiger partial charge in [-0.05, 0) is 99.5 Å². The van der Waals surface area contributed by atoms with E-state index in [4.69, 9.17) is 4.74 Å². The van der Waals surface area contributed by atoms with E-state index in [1.165, 1.54) is 21.8 Å². The molecule has 49 heavy (non-hydrogen) atoms. The molecule has 13 heteroatoms. The summed E-state index contributed by atoms with van der Waals surface area (Å²) in [5.74, 6) is -1.35. The lowest BCUT2D eigenvalue weighted by atomic mass is 9.73. The summed E-state index contributed by atoms with van der Waals surface area (Å²) in [6.45, 7) is 2.33. The number of aryl methyl sites for hydroxylation is 2. The molecule has 2 fully saturated rings. The molecule has 4 N–H and O–H groups in total. The van der Waals surface area contributed by atoms with E-state index < -0.39 is 53.8 Å². The van der Waals surface area contributed by atoms with Crippen LogP contribution in [0.5, 0.6) is 5.75 Å². The number of benzene rings is 1. The zero-order chi connectivity index (χ0) is 34.5. The molecule has 2 aromatic rings. The number of nitrogens with one attached hydrogen (secondary N) is 3. The molecule has 3 atom stereocenters. The largest absolute Gasteiger partial charge is 0.484 e. The van der Waals surface area contributed by atoms with Gasteiger partial charge < -0.3 is 35.6 Å². The molecule has 0 radical (unpaired) electrons. The second kappa shape index (κ2) is 15.3. The van der Waals surface area contributed by atoms with Gasteiger partial charge in [-0.2, -0.15) is 0 Å². The van der Waals surface area contributed by atoms with Gasteiger partial charge in [0.1, 0.15) is 23.9 Å². The topological polar surface area (TPSA) is 157 Å². The molecule has 0 saturated carbocycles. The van der Waals surface area contributed by atoms with Gasteiger partial charge in [-0.3, -0.25) is 24.0 Å². The maximum absolute atomic E-state index is 13.7. The monoisotopic (exact) mass is 693 g/mol. The summed E-state index contributed by atoms with van der Waals surface area (Å²) in [7, 11) is 0. The Hall–Kier alpha value is -3.97. The molecule has 2 saturated heterocycles. The summed E-state index contributed by atoms with van der Waals surface area (Å²) in [6.07, 6.45) is 8.45. The first kappa shape index (κ1) is 34.9. The van der Waals surface area contributed by atoms with E-state index in [1.807, 2.05) is 23.1 Å². The first-order valence-electron chi connectivity index (χ1n) is 17.6. The molecule has 1 aliphatic carbocycles. The van der Waals surface area contributed by atoms with Crippen molar-refractivity contribution >= 4 is 40.9 Å². The minimum Gasteiger partial charge on any atom is -0.484 e. The standard InChI is InChI=1S/C36H47N5O7S/c1-23-34(46)41-14-6-10-28(41)33(45)39-27(20-42)32(44)37-22-36(19-24-7-5-9-26(17-24)48-21-31(43)38-23)12-15-40(16-13-36)35(47)30-18-25-8-3-2-4-11-29(25)49-30/h5,7,9,17-18,23,27-28,42H,2-4,6,8,10-16,19-22H2,1H3,(H,37,44)(H,38,43)(H,39,45)/t23-,27-,28-/m0/s1. The molecule has 12 nitrogen and oxygen atoms in total. The Morgan fingerprint density at radius 1 is 1.00 bits per heavy atom. The molecule has 6 rings (SSSR count). The Morgan fingerprint density at radius 3 is 2.59 bits per heavy atom. The van der Waals surface area contributed by atoms with Crippen LogP contribution in [-0.4, -0.2) is 102 Å². The van der Waals surface area contributed by atoms with Gasteiger partial charge >= 0.3 is 0 Å². The van der Waals surface area contributed by atoms with Crippen molar-refractivity contribution < 1.29 is 33.8 Å². The first-order valence-corrected chi connectivity index (χ1v) is 18.4. The Balaban J connectivity index is 1.21. The highest BCUT2D eigenvalue weighted by molar-refractivity contribution is 7.14. The number of aliphatic hydroxyl groups is 1. The molecule has 2 bridgehead atoms. The highest BCUT2D eigenvalue weighted by atomic mass is 32.1. The predicted octanol–water partition coefficient (Wildman–Crippen LogP) is 1.96. The van der Waals surface area contributed by atoms with Crippen LogP contribution in [0.4, 0.5) is 0 Å². The molecule has 3 aliphatic heterocycles. The van der Waals surface area contributed by atoms with Crippen LogP contribution in [0.1, 0.15) is 77.5 Å². The van der Waals surface area contributed by atoms with Gasteiger partial charge in [-0.1, -0.05) is 18.6 Å². The number of hydrogen-bond acceptors (Lipinski definition) is 8. The minimum absolute atomic E-state index is 0.0542. The minimum atomic E-state index is -1.20. The Labute approximate surface area is 290 Å². The number of fused-ring (bicyclic) bond motifs is 4. The van der Waals surface area contributed by atoms with Crippen LogP contribution in [0.15, 0.2) is 30.3 Å². The SMILES string of the molecule is C[C@@H]1NC(=O)COc2cccc(c2)CC2(CCN(C(=O)c3cc4c(s3)CCCCC4)CC2)CNC(=O)[C@H](CO)NC(=O)[C@@H]2CCCN2C1=O. The third kappa shape index (κ3) is 8.09.